The number of nitrogens with zero attached hydrogens (tertiary/aromatic N) is 1. The summed E-state index contributed by atoms with van der Waals surface area (Å²) in [6.45, 7) is 0.973. The van der Waals surface area contributed by atoms with E-state index >= 15 is 0 Å². The van der Waals surface area contributed by atoms with Crippen LogP contribution in [0.2, 0.25) is 0 Å². The number of allylic oxidation sites excluding steroid dienone is 2. The van der Waals surface area contributed by atoms with Gasteiger partial charge in [-0.25, -0.2) is 0 Å². The fourth-order valence-corrected chi connectivity index (χ4v) is 3.02. The number of benzene rings is 1. The van der Waals surface area contributed by atoms with Crippen molar-refractivity contribution in [2.24, 2.45) is 5.92 Å². The van der Waals surface area contributed by atoms with Crippen LogP contribution in [0, 0.1) is 5.92 Å². The molecule has 2 heteroatoms. The second-order valence-electron chi connectivity index (χ2n) is 4.67. The Morgan fingerprint density at radius 1 is 1.25 bits per heavy atom. The van der Waals surface area contributed by atoms with Crippen LogP contribution in [0.4, 0.5) is 0 Å². The van der Waals surface area contributed by atoms with Crippen molar-refractivity contribution < 1.29 is 4.79 Å². The molecule has 78 valence electrons. The Morgan fingerprint density at radius 3 is 3.06 bits per heavy atom. The smallest absolute Gasteiger partial charge is 0.156 e. The summed E-state index contributed by atoms with van der Waals surface area (Å²) in [5.41, 5.74) is 3.79. The van der Waals surface area contributed by atoms with Gasteiger partial charge in [0.15, 0.2) is 5.78 Å². The minimum atomic E-state index is 0.288. The minimum Gasteiger partial charge on any atom is -0.340 e. The molecule has 1 aliphatic heterocycles. The molecule has 0 saturated heterocycles. The summed E-state index contributed by atoms with van der Waals surface area (Å²) in [6.07, 6.45) is 2.54. The highest BCUT2D eigenvalue weighted by Gasteiger charge is 2.34. The van der Waals surface area contributed by atoms with E-state index in [1.54, 1.807) is 0 Å². The number of fused-ring (bicyclic) bond motifs is 5. The van der Waals surface area contributed by atoms with E-state index in [1.807, 2.05) is 6.08 Å². The van der Waals surface area contributed by atoms with E-state index in [4.69, 9.17) is 0 Å². The highest BCUT2D eigenvalue weighted by atomic mass is 16.1. The Kier molecular flexibility index (Phi) is 1.38. The molecule has 0 saturated carbocycles. The van der Waals surface area contributed by atoms with E-state index in [9.17, 15) is 4.79 Å². The monoisotopic (exact) mass is 209 g/mol. The molecule has 1 aromatic carbocycles. The van der Waals surface area contributed by atoms with Crippen molar-refractivity contribution >= 4 is 22.3 Å². The van der Waals surface area contributed by atoms with E-state index in [2.05, 4.69) is 34.9 Å². The van der Waals surface area contributed by atoms with Crippen LogP contribution in [0.15, 0.2) is 36.4 Å². The van der Waals surface area contributed by atoms with Gasteiger partial charge in [-0.3, -0.25) is 4.79 Å². The quantitative estimate of drug-likeness (QED) is 0.653. The van der Waals surface area contributed by atoms with Crippen molar-refractivity contribution in [3.8, 4) is 0 Å². The third kappa shape index (κ3) is 0.896. The lowest BCUT2D eigenvalue weighted by atomic mass is 10.0. The second-order valence-corrected chi connectivity index (χ2v) is 4.67. The van der Waals surface area contributed by atoms with E-state index in [0.717, 1.165) is 6.54 Å². The lowest BCUT2D eigenvalue weighted by Gasteiger charge is -2.03. The van der Waals surface area contributed by atoms with Gasteiger partial charge in [0, 0.05) is 35.5 Å². The molecule has 1 unspecified atom stereocenters. The first-order chi connectivity index (χ1) is 7.83. The Bertz CT molecular complexity index is 648. The largest absolute Gasteiger partial charge is 0.340 e. The summed E-state index contributed by atoms with van der Waals surface area (Å²) in [5.74, 6) is 0.726. The van der Waals surface area contributed by atoms with Crippen molar-refractivity contribution in [1.29, 1.82) is 0 Å². The molecule has 0 amide bonds. The standard InChI is InChI=1S/C14H11NO/c16-11-5-10-8-15-13-4-2-1-3-9(13)6-14(15)12(10)7-11/h1-4,6-7,10H,5,8H2. The zero-order chi connectivity index (χ0) is 10.7. The molecule has 2 aliphatic rings. The fourth-order valence-electron chi connectivity index (χ4n) is 3.02. The normalized spacial score (nSPS) is 22.4. The maximum Gasteiger partial charge on any atom is 0.156 e. The molecule has 2 nitrogen and oxygen atoms in total. The molecule has 1 atom stereocenters. The molecule has 16 heavy (non-hydrogen) atoms. The number of rotatable bonds is 0. The molecular weight excluding hydrogens is 198 g/mol. The highest BCUT2D eigenvalue weighted by molar-refractivity contribution is 6.04. The van der Waals surface area contributed by atoms with Crippen LogP contribution < -0.4 is 0 Å². The van der Waals surface area contributed by atoms with Gasteiger partial charge in [-0.2, -0.15) is 0 Å². The first-order valence-corrected chi connectivity index (χ1v) is 5.66. The van der Waals surface area contributed by atoms with Crippen LogP contribution in [0.5, 0.6) is 0 Å². The van der Waals surface area contributed by atoms with Gasteiger partial charge in [0.05, 0.1) is 0 Å². The zero-order valence-corrected chi connectivity index (χ0v) is 8.81. The molecule has 2 aromatic rings. The molecule has 2 heterocycles. The number of aromatic nitrogens is 1. The SMILES string of the molecule is O=C1C=C2c3cc4ccccc4n3CC2C1. The van der Waals surface area contributed by atoms with Gasteiger partial charge in [-0.05, 0) is 23.8 Å². The van der Waals surface area contributed by atoms with Crippen molar-refractivity contribution in [1.82, 2.24) is 4.57 Å². The Morgan fingerprint density at radius 2 is 2.12 bits per heavy atom. The number of carbonyl (C=O) groups is 1. The lowest BCUT2D eigenvalue weighted by molar-refractivity contribution is -0.114. The predicted molar refractivity (Wildman–Crippen MR) is 63.0 cm³/mol. The molecule has 0 N–H and O–H groups in total. The van der Waals surface area contributed by atoms with Crippen molar-refractivity contribution in [2.45, 2.75) is 13.0 Å². The molecule has 4 rings (SSSR count). The number of hydrogen-bond donors (Lipinski definition) is 0. The number of hydrogen-bond acceptors (Lipinski definition) is 1. The maximum absolute atomic E-state index is 11.4. The van der Waals surface area contributed by atoms with E-state index in [-0.39, 0.29) is 5.78 Å². The van der Waals surface area contributed by atoms with Gasteiger partial charge in [0.2, 0.25) is 0 Å². The summed E-state index contributed by atoms with van der Waals surface area (Å²) >= 11 is 0. The minimum absolute atomic E-state index is 0.288. The lowest BCUT2D eigenvalue weighted by Crippen LogP contribution is -2.02. The number of ketones is 1. The second kappa shape index (κ2) is 2.64. The van der Waals surface area contributed by atoms with Gasteiger partial charge in [-0.1, -0.05) is 18.2 Å². The Hall–Kier alpha value is -1.83. The summed E-state index contributed by atoms with van der Waals surface area (Å²) in [4.78, 5) is 11.4. The van der Waals surface area contributed by atoms with E-state index in [0.29, 0.717) is 12.3 Å². The van der Waals surface area contributed by atoms with Crippen molar-refractivity contribution in [3.63, 3.8) is 0 Å². The van der Waals surface area contributed by atoms with Crippen molar-refractivity contribution in [2.75, 3.05) is 0 Å². The van der Waals surface area contributed by atoms with Crippen LogP contribution in [0.3, 0.4) is 0 Å². The van der Waals surface area contributed by atoms with Gasteiger partial charge < -0.3 is 4.57 Å². The maximum atomic E-state index is 11.4. The third-order valence-electron chi connectivity index (χ3n) is 3.71. The van der Waals surface area contributed by atoms with Gasteiger partial charge in [0.1, 0.15) is 0 Å². The molecule has 0 spiro atoms. The number of carbonyl (C=O) groups excluding carboxylic acids is 1. The van der Waals surface area contributed by atoms with Crippen LogP contribution in [-0.4, -0.2) is 10.4 Å². The van der Waals surface area contributed by atoms with Gasteiger partial charge in [-0.15, -0.1) is 0 Å². The summed E-state index contributed by atoms with van der Waals surface area (Å²) in [7, 11) is 0. The van der Waals surface area contributed by atoms with Crippen molar-refractivity contribution in [3.05, 3.63) is 42.1 Å². The third-order valence-corrected chi connectivity index (χ3v) is 3.71. The molecule has 1 aliphatic carbocycles. The number of para-hydroxylation sites is 1. The Balaban J connectivity index is 2.04. The zero-order valence-electron chi connectivity index (χ0n) is 8.81. The molecular formula is C14H11NO. The average Bonchev–Trinajstić information content (AvgIpc) is 2.87. The highest BCUT2D eigenvalue weighted by Crippen LogP contribution is 2.42. The molecule has 0 radical (unpaired) electrons. The summed E-state index contributed by atoms with van der Waals surface area (Å²) in [5, 5.41) is 1.27. The van der Waals surface area contributed by atoms with Crippen LogP contribution in [-0.2, 0) is 11.3 Å². The summed E-state index contributed by atoms with van der Waals surface area (Å²) in [6, 6.07) is 10.6. The summed E-state index contributed by atoms with van der Waals surface area (Å²) < 4.78 is 2.35. The van der Waals surface area contributed by atoms with Crippen LogP contribution in [0.1, 0.15) is 12.1 Å². The first-order valence-electron chi connectivity index (χ1n) is 5.66. The van der Waals surface area contributed by atoms with E-state index < -0.39 is 0 Å². The Labute approximate surface area is 93.2 Å². The first kappa shape index (κ1) is 8.34. The van der Waals surface area contributed by atoms with Gasteiger partial charge >= 0.3 is 0 Å². The van der Waals surface area contributed by atoms with E-state index in [1.165, 1.54) is 22.2 Å². The predicted octanol–water partition coefficient (Wildman–Crippen LogP) is 2.63. The topological polar surface area (TPSA) is 22.0 Å². The van der Waals surface area contributed by atoms with Crippen LogP contribution in [0.25, 0.3) is 16.5 Å². The fraction of sp³-hybridized carbons (Fsp3) is 0.214. The molecule has 0 bridgehead atoms. The van der Waals surface area contributed by atoms with Crippen LogP contribution >= 0.6 is 0 Å². The molecule has 1 aromatic heterocycles. The average molecular weight is 209 g/mol. The molecule has 0 fully saturated rings. The van der Waals surface area contributed by atoms with Gasteiger partial charge in [0.25, 0.3) is 0 Å².